The minimum Gasteiger partial charge on any atom is -0.493 e. The molecule has 3 aromatic rings. The molecule has 2 aromatic heterocycles. The fourth-order valence-electron chi connectivity index (χ4n) is 2.10. The molecule has 0 aliphatic heterocycles. The summed E-state index contributed by atoms with van der Waals surface area (Å²) in [5, 5.41) is 3.24. The van der Waals surface area contributed by atoms with Gasteiger partial charge in [-0.25, -0.2) is 19.9 Å². The molecule has 0 spiro atoms. The smallest absolute Gasteiger partial charge is 0.183 e. The minimum atomic E-state index is 0.562. The maximum Gasteiger partial charge on any atom is 0.183 e. The number of nitrogens with zero attached hydrogens (tertiary/aromatic N) is 4. The fraction of sp³-hybridized carbons (Fsp3) is 0.200. The third-order valence-corrected chi connectivity index (χ3v) is 3.18. The number of benzene rings is 1. The average molecular weight is 297 g/mol. The molecule has 3 rings (SSSR count). The van der Waals surface area contributed by atoms with Crippen molar-refractivity contribution in [1.29, 1.82) is 0 Å². The van der Waals surface area contributed by atoms with Crippen LogP contribution in [0.25, 0.3) is 11.2 Å². The van der Waals surface area contributed by atoms with Gasteiger partial charge in [0.1, 0.15) is 11.8 Å². The Labute approximate surface area is 127 Å². The lowest BCUT2D eigenvalue weighted by atomic mass is 10.2. The van der Waals surface area contributed by atoms with E-state index in [1.54, 1.807) is 26.6 Å². The van der Waals surface area contributed by atoms with E-state index < -0.39 is 0 Å². The Balaban J connectivity index is 1.82. The van der Waals surface area contributed by atoms with Crippen molar-refractivity contribution in [2.24, 2.45) is 0 Å². The highest BCUT2D eigenvalue weighted by Crippen LogP contribution is 2.28. The van der Waals surface area contributed by atoms with E-state index >= 15 is 0 Å². The summed E-state index contributed by atoms with van der Waals surface area (Å²) in [4.78, 5) is 16.7. The molecule has 0 bridgehead atoms. The quantitative estimate of drug-likeness (QED) is 0.771. The highest BCUT2D eigenvalue weighted by Gasteiger charge is 2.07. The summed E-state index contributed by atoms with van der Waals surface area (Å²) in [6.45, 7) is 0.572. The Bertz CT molecular complexity index is 788. The first kappa shape index (κ1) is 14.0. The van der Waals surface area contributed by atoms with Crippen LogP contribution < -0.4 is 14.8 Å². The summed E-state index contributed by atoms with van der Waals surface area (Å²) >= 11 is 0. The summed E-state index contributed by atoms with van der Waals surface area (Å²) in [6.07, 6.45) is 4.69. The SMILES string of the molecule is COc1ccc(CNc2ncnc3nccnc23)cc1OC. The van der Waals surface area contributed by atoms with Gasteiger partial charge in [-0.3, -0.25) is 0 Å². The first-order valence-corrected chi connectivity index (χ1v) is 6.68. The predicted molar refractivity (Wildman–Crippen MR) is 82.0 cm³/mol. The summed E-state index contributed by atoms with van der Waals surface area (Å²) in [7, 11) is 3.23. The molecule has 0 atom stereocenters. The molecule has 0 aliphatic rings. The number of hydrogen-bond acceptors (Lipinski definition) is 7. The normalized spacial score (nSPS) is 10.5. The van der Waals surface area contributed by atoms with Gasteiger partial charge in [-0.05, 0) is 17.7 Å². The summed E-state index contributed by atoms with van der Waals surface area (Å²) in [5.41, 5.74) is 2.24. The molecular weight excluding hydrogens is 282 g/mol. The Hall–Kier alpha value is -2.96. The van der Waals surface area contributed by atoms with Crippen molar-refractivity contribution in [3.63, 3.8) is 0 Å². The van der Waals surface area contributed by atoms with Crippen LogP contribution >= 0.6 is 0 Å². The average Bonchev–Trinajstić information content (AvgIpc) is 2.59. The Kier molecular flexibility index (Phi) is 3.95. The summed E-state index contributed by atoms with van der Waals surface area (Å²) < 4.78 is 10.5. The number of aromatic nitrogens is 4. The topological polar surface area (TPSA) is 82.0 Å². The maximum absolute atomic E-state index is 5.30. The van der Waals surface area contributed by atoms with E-state index in [1.807, 2.05) is 18.2 Å². The second kappa shape index (κ2) is 6.21. The number of methoxy groups -OCH3 is 2. The fourth-order valence-corrected chi connectivity index (χ4v) is 2.10. The van der Waals surface area contributed by atoms with Crippen LogP contribution in [0.5, 0.6) is 11.5 Å². The number of rotatable bonds is 5. The van der Waals surface area contributed by atoms with Crippen LogP contribution in [-0.2, 0) is 6.54 Å². The van der Waals surface area contributed by atoms with E-state index in [4.69, 9.17) is 9.47 Å². The highest BCUT2D eigenvalue weighted by molar-refractivity contribution is 5.81. The van der Waals surface area contributed by atoms with E-state index in [0.29, 0.717) is 35.0 Å². The number of hydrogen-bond donors (Lipinski definition) is 1. The van der Waals surface area contributed by atoms with Crippen LogP contribution in [0.2, 0.25) is 0 Å². The molecule has 7 heteroatoms. The highest BCUT2D eigenvalue weighted by atomic mass is 16.5. The Morgan fingerprint density at radius 2 is 1.77 bits per heavy atom. The van der Waals surface area contributed by atoms with E-state index in [0.717, 1.165) is 5.56 Å². The van der Waals surface area contributed by atoms with Crippen molar-refractivity contribution >= 4 is 17.0 Å². The molecule has 0 fully saturated rings. The van der Waals surface area contributed by atoms with Gasteiger partial charge in [0.2, 0.25) is 0 Å². The summed E-state index contributed by atoms with van der Waals surface area (Å²) in [6, 6.07) is 5.75. The second-order valence-electron chi connectivity index (χ2n) is 4.49. The Morgan fingerprint density at radius 1 is 0.955 bits per heavy atom. The number of nitrogens with one attached hydrogen (secondary N) is 1. The van der Waals surface area contributed by atoms with Gasteiger partial charge < -0.3 is 14.8 Å². The molecule has 22 heavy (non-hydrogen) atoms. The van der Waals surface area contributed by atoms with Crippen molar-refractivity contribution < 1.29 is 9.47 Å². The lowest BCUT2D eigenvalue weighted by Crippen LogP contribution is -2.04. The van der Waals surface area contributed by atoms with Gasteiger partial charge in [-0.15, -0.1) is 0 Å². The molecule has 1 N–H and O–H groups in total. The predicted octanol–water partition coefficient (Wildman–Crippen LogP) is 2.05. The zero-order valence-corrected chi connectivity index (χ0v) is 12.3. The van der Waals surface area contributed by atoms with E-state index in [9.17, 15) is 0 Å². The van der Waals surface area contributed by atoms with Gasteiger partial charge in [0.25, 0.3) is 0 Å². The Morgan fingerprint density at radius 3 is 2.59 bits per heavy atom. The van der Waals surface area contributed by atoms with Gasteiger partial charge in [0, 0.05) is 18.9 Å². The number of fused-ring (bicyclic) bond motifs is 1. The van der Waals surface area contributed by atoms with Crippen LogP contribution in [-0.4, -0.2) is 34.2 Å². The van der Waals surface area contributed by atoms with Crippen molar-refractivity contribution in [3.05, 3.63) is 42.5 Å². The van der Waals surface area contributed by atoms with Crippen molar-refractivity contribution in [2.45, 2.75) is 6.54 Å². The van der Waals surface area contributed by atoms with Crippen LogP contribution in [0.1, 0.15) is 5.56 Å². The first-order valence-electron chi connectivity index (χ1n) is 6.68. The van der Waals surface area contributed by atoms with Crippen LogP contribution in [0.15, 0.2) is 36.9 Å². The second-order valence-corrected chi connectivity index (χ2v) is 4.49. The lowest BCUT2D eigenvalue weighted by Gasteiger charge is -2.11. The number of ether oxygens (including phenoxy) is 2. The molecule has 7 nitrogen and oxygen atoms in total. The zero-order valence-electron chi connectivity index (χ0n) is 12.3. The minimum absolute atomic E-state index is 0.562. The monoisotopic (exact) mass is 297 g/mol. The molecule has 2 heterocycles. The standard InChI is InChI=1S/C15H15N5O2/c1-21-11-4-3-10(7-12(11)22-2)8-18-15-13-14(19-9-20-15)17-6-5-16-13/h3-7,9H,8H2,1-2H3,(H,17,18,19,20). The molecule has 1 aromatic carbocycles. The molecule has 0 saturated heterocycles. The van der Waals surface area contributed by atoms with E-state index in [1.165, 1.54) is 6.33 Å². The largest absolute Gasteiger partial charge is 0.493 e. The molecule has 0 saturated carbocycles. The van der Waals surface area contributed by atoms with Crippen LogP contribution in [0.4, 0.5) is 5.82 Å². The molecule has 0 unspecified atom stereocenters. The zero-order chi connectivity index (χ0) is 15.4. The molecule has 0 aliphatic carbocycles. The van der Waals surface area contributed by atoms with Gasteiger partial charge in [-0.2, -0.15) is 0 Å². The molecule has 112 valence electrons. The maximum atomic E-state index is 5.30. The molecule has 0 radical (unpaired) electrons. The molecule has 0 amide bonds. The van der Waals surface area contributed by atoms with Crippen molar-refractivity contribution in [1.82, 2.24) is 19.9 Å². The van der Waals surface area contributed by atoms with Gasteiger partial charge in [-0.1, -0.05) is 6.07 Å². The van der Waals surface area contributed by atoms with Crippen molar-refractivity contribution in [2.75, 3.05) is 19.5 Å². The van der Waals surface area contributed by atoms with Crippen molar-refractivity contribution in [3.8, 4) is 11.5 Å². The van der Waals surface area contributed by atoms with E-state index in [-0.39, 0.29) is 0 Å². The first-order chi connectivity index (χ1) is 10.8. The third kappa shape index (κ3) is 2.73. The van der Waals surface area contributed by atoms with Gasteiger partial charge >= 0.3 is 0 Å². The van der Waals surface area contributed by atoms with Gasteiger partial charge in [0.05, 0.1) is 14.2 Å². The van der Waals surface area contributed by atoms with E-state index in [2.05, 4.69) is 25.3 Å². The van der Waals surface area contributed by atoms with Crippen LogP contribution in [0, 0.1) is 0 Å². The number of anilines is 1. The summed E-state index contributed by atoms with van der Waals surface area (Å²) in [5.74, 6) is 2.03. The lowest BCUT2D eigenvalue weighted by molar-refractivity contribution is 0.354. The van der Waals surface area contributed by atoms with Gasteiger partial charge in [0.15, 0.2) is 23.0 Å². The van der Waals surface area contributed by atoms with Crippen LogP contribution in [0.3, 0.4) is 0 Å². The third-order valence-electron chi connectivity index (χ3n) is 3.18. The molecular formula is C15H15N5O2.